The molecular formula is C29H38O10. The van der Waals surface area contributed by atoms with Gasteiger partial charge in [0.2, 0.25) is 0 Å². The van der Waals surface area contributed by atoms with Gasteiger partial charge in [-0.2, -0.15) is 0 Å². The highest BCUT2D eigenvalue weighted by molar-refractivity contribution is 5.93. The molecule has 10 nitrogen and oxygen atoms in total. The van der Waals surface area contributed by atoms with E-state index in [-0.39, 0.29) is 18.6 Å². The Hall–Kier alpha value is -2.72. The van der Waals surface area contributed by atoms with Crippen molar-refractivity contribution in [1.82, 2.24) is 0 Å². The number of aliphatic hydroxyl groups is 1. The summed E-state index contributed by atoms with van der Waals surface area (Å²) in [6.45, 7) is 10.2. The molecule has 1 N–H and O–H groups in total. The minimum atomic E-state index is -1.35. The van der Waals surface area contributed by atoms with Crippen LogP contribution in [0.15, 0.2) is 23.0 Å². The molecule has 1 aromatic rings. The molecule has 9 atom stereocenters. The number of ketones is 1. The van der Waals surface area contributed by atoms with Crippen molar-refractivity contribution in [3.05, 3.63) is 24.2 Å². The Morgan fingerprint density at radius 1 is 1.21 bits per heavy atom. The lowest BCUT2D eigenvalue weighted by atomic mass is 9.37. The van der Waals surface area contributed by atoms with E-state index in [1.807, 2.05) is 20.8 Å². The lowest BCUT2D eigenvalue weighted by Gasteiger charge is -2.66. The first-order valence-electron chi connectivity index (χ1n) is 13.5. The summed E-state index contributed by atoms with van der Waals surface area (Å²) >= 11 is 0. The van der Waals surface area contributed by atoms with Crippen molar-refractivity contribution in [3.63, 3.8) is 0 Å². The zero-order valence-electron chi connectivity index (χ0n) is 23.6. The topological polar surface area (TPSA) is 142 Å². The first-order chi connectivity index (χ1) is 18.1. The Labute approximate surface area is 227 Å². The quantitative estimate of drug-likeness (QED) is 0.321. The van der Waals surface area contributed by atoms with Crippen LogP contribution in [0.3, 0.4) is 0 Å². The lowest BCUT2D eigenvalue weighted by molar-refractivity contribution is -0.240. The average molecular weight is 547 g/mol. The third kappa shape index (κ3) is 3.53. The first-order valence-corrected chi connectivity index (χ1v) is 13.5. The molecule has 4 fully saturated rings. The minimum absolute atomic E-state index is 0.0503. The van der Waals surface area contributed by atoms with E-state index in [1.54, 1.807) is 19.9 Å². The van der Waals surface area contributed by atoms with Gasteiger partial charge in [0.1, 0.15) is 23.6 Å². The van der Waals surface area contributed by atoms with E-state index in [2.05, 4.69) is 0 Å². The number of hydrogen-bond donors (Lipinski definition) is 1. The predicted molar refractivity (Wildman–Crippen MR) is 134 cm³/mol. The van der Waals surface area contributed by atoms with Crippen LogP contribution in [-0.2, 0) is 38.1 Å². The van der Waals surface area contributed by atoms with E-state index in [0.29, 0.717) is 18.4 Å². The molecule has 5 rings (SSSR count). The van der Waals surface area contributed by atoms with Crippen LogP contribution in [0.1, 0.15) is 78.9 Å². The zero-order valence-corrected chi connectivity index (χ0v) is 23.6. The number of furan rings is 1. The number of rotatable bonds is 6. The largest absolute Gasteiger partial charge is 0.472 e. The van der Waals surface area contributed by atoms with Gasteiger partial charge in [0.25, 0.3) is 0 Å². The summed E-state index contributed by atoms with van der Waals surface area (Å²) in [5, 5.41) is 11.4. The van der Waals surface area contributed by atoms with Crippen LogP contribution in [0.5, 0.6) is 0 Å². The maximum atomic E-state index is 14.4. The SMILES string of the molecule is COC(=O)C[C@H](OC(C)=O)[C@@]1(C)[C@H](C(C)(C)O)CC(=O)[C@]2(C)[C@H]1CC[C@@]1(C)[C@H](c3ccoc3)OC(=O)[C@H]3O[C@]312. The number of Topliss-reactive ketones (excluding diaryl/α,β-unsaturated/α-hetero) is 1. The number of fused-ring (bicyclic) bond motifs is 1. The van der Waals surface area contributed by atoms with E-state index in [9.17, 15) is 24.3 Å². The third-order valence-electron chi connectivity index (χ3n) is 10.7. The Morgan fingerprint density at radius 2 is 1.90 bits per heavy atom. The van der Waals surface area contributed by atoms with Crippen molar-refractivity contribution in [2.75, 3.05) is 7.11 Å². The fourth-order valence-electron chi connectivity index (χ4n) is 8.94. The summed E-state index contributed by atoms with van der Waals surface area (Å²) in [4.78, 5) is 52.5. The Bertz CT molecular complexity index is 1200. The summed E-state index contributed by atoms with van der Waals surface area (Å²) in [6.07, 6.45) is 1.14. The summed E-state index contributed by atoms with van der Waals surface area (Å²) in [5.41, 5.74) is -4.89. The molecule has 2 aliphatic heterocycles. The monoisotopic (exact) mass is 546 g/mol. The van der Waals surface area contributed by atoms with Gasteiger partial charge in [-0.05, 0) is 45.6 Å². The molecule has 0 amide bonds. The van der Waals surface area contributed by atoms with E-state index >= 15 is 0 Å². The number of methoxy groups -OCH3 is 1. The molecule has 2 aliphatic carbocycles. The highest BCUT2D eigenvalue weighted by atomic mass is 16.7. The number of esters is 3. The predicted octanol–water partition coefficient (Wildman–Crippen LogP) is 3.30. The summed E-state index contributed by atoms with van der Waals surface area (Å²) in [7, 11) is 1.26. The molecule has 39 heavy (non-hydrogen) atoms. The van der Waals surface area contributed by atoms with Crippen molar-refractivity contribution in [2.45, 2.75) is 96.7 Å². The van der Waals surface area contributed by atoms with Gasteiger partial charge in [-0.15, -0.1) is 0 Å². The molecule has 3 heterocycles. The first kappa shape index (κ1) is 27.8. The van der Waals surface area contributed by atoms with Gasteiger partial charge in [0, 0.05) is 35.7 Å². The summed E-state index contributed by atoms with van der Waals surface area (Å²) < 4.78 is 28.3. The summed E-state index contributed by atoms with van der Waals surface area (Å²) in [5.74, 6) is -3.00. The van der Waals surface area contributed by atoms with Gasteiger partial charge < -0.3 is 28.5 Å². The highest BCUT2D eigenvalue weighted by Crippen LogP contribution is 2.78. The second kappa shape index (κ2) is 8.64. The standard InChI is InChI=1S/C29H38O10/c1-15(30)37-20(13-21(32)35-7)27(5)17-8-10-26(4)22(16-9-11-36-14-16)38-24(33)23-29(26,39-23)28(17,6)19(31)12-18(27)25(2,3)34/h9,11,14,17-18,20,22-23,34H,8,10,12-13H2,1-7H3/t17-,18-,20-,22-,23+,26-,27+,28-,29+/m0/s1. The van der Waals surface area contributed by atoms with Crippen LogP contribution in [0.2, 0.25) is 0 Å². The molecule has 0 unspecified atom stereocenters. The lowest BCUT2D eigenvalue weighted by Crippen LogP contribution is -2.73. The fraction of sp³-hybridized carbons (Fsp3) is 0.724. The van der Waals surface area contributed by atoms with E-state index in [4.69, 9.17) is 23.4 Å². The van der Waals surface area contributed by atoms with Crippen LogP contribution in [-0.4, -0.2) is 59.3 Å². The molecule has 1 spiro atoms. The van der Waals surface area contributed by atoms with Crippen molar-refractivity contribution in [2.24, 2.45) is 28.1 Å². The molecule has 2 saturated heterocycles. The molecule has 0 radical (unpaired) electrons. The number of cyclic esters (lactones) is 1. The van der Waals surface area contributed by atoms with Crippen LogP contribution in [0, 0.1) is 28.1 Å². The normalized spacial score (nSPS) is 41.8. The Balaban J connectivity index is 1.70. The molecule has 4 aliphatic rings. The van der Waals surface area contributed by atoms with Crippen LogP contribution in [0.4, 0.5) is 0 Å². The van der Waals surface area contributed by atoms with Crippen molar-refractivity contribution in [3.8, 4) is 0 Å². The van der Waals surface area contributed by atoms with Crippen LogP contribution < -0.4 is 0 Å². The molecule has 10 heteroatoms. The third-order valence-corrected chi connectivity index (χ3v) is 10.7. The number of ether oxygens (including phenoxy) is 4. The van der Waals surface area contributed by atoms with E-state index in [1.165, 1.54) is 26.6 Å². The smallest absolute Gasteiger partial charge is 0.339 e. The minimum Gasteiger partial charge on any atom is -0.472 e. The highest BCUT2D eigenvalue weighted by Gasteiger charge is 2.88. The Morgan fingerprint density at radius 3 is 2.46 bits per heavy atom. The maximum Gasteiger partial charge on any atom is 0.339 e. The zero-order chi connectivity index (χ0) is 28.8. The van der Waals surface area contributed by atoms with Crippen LogP contribution in [0.25, 0.3) is 0 Å². The molecule has 0 aromatic carbocycles. The fourth-order valence-corrected chi connectivity index (χ4v) is 8.94. The van der Waals surface area contributed by atoms with Gasteiger partial charge in [0.05, 0.1) is 37.1 Å². The van der Waals surface area contributed by atoms with Crippen molar-refractivity contribution < 1.29 is 47.6 Å². The number of carbonyl (C=O) groups is 4. The van der Waals surface area contributed by atoms with Gasteiger partial charge in [-0.3, -0.25) is 14.4 Å². The number of hydrogen-bond acceptors (Lipinski definition) is 10. The molecule has 2 saturated carbocycles. The van der Waals surface area contributed by atoms with E-state index < -0.39 is 75.5 Å². The molecule has 1 aromatic heterocycles. The molecule has 214 valence electrons. The maximum absolute atomic E-state index is 14.4. The van der Waals surface area contributed by atoms with Gasteiger partial charge in [-0.1, -0.05) is 13.8 Å². The van der Waals surface area contributed by atoms with Crippen molar-refractivity contribution in [1.29, 1.82) is 0 Å². The van der Waals surface area contributed by atoms with Gasteiger partial charge in [0.15, 0.2) is 6.10 Å². The van der Waals surface area contributed by atoms with Gasteiger partial charge >= 0.3 is 17.9 Å². The van der Waals surface area contributed by atoms with Crippen LogP contribution >= 0.6 is 0 Å². The number of epoxide rings is 1. The summed E-state index contributed by atoms with van der Waals surface area (Å²) in [6, 6.07) is 1.75. The Kier molecular flexibility index (Phi) is 6.16. The van der Waals surface area contributed by atoms with E-state index in [0.717, 1.165) is 0 Å². The molecule has 0 bridgehead atoms. The molecular weight excluding hydrogens is 508 g/mol. The number of carbonyl (C=O) groups excluding carboxylic acids is 4. The average Bonchev–Trinajstić information content (AvgIpc) is 3.42. The second-order valence-corrected chi connectivity index (χ2v) is 12.9. The second-order valence-electron chi connectivity index (χ2n) is 12.9. The van der Waals surface area contributed by atoms with Gasteiger partial charge in [-0.25, -0.2) is 4.79 Å². The van der Waals surface area contributed by atoms with Crippen molar-refractivity contribution >= 4 is 23.7 Å².